The molecule has 2 N–H and O–H groups in total. The summed E-state index contributed by atoms with van der Waals surface area (Å²) in [6, 6.07) is 7.52. The summed E-state index contributed by atoms with van der Waals surface area (Å²) >= 11 is 0. The monoisotopic (exact) mass is 280 g/mol. The second kappa shape index (κ2) is 7.29. The van der Waals surface area contributed by atoms with Crippen LogP contribution in [0.25, 0.3) is 0 Å². The van der Waals surface area contributed by atoms with Crippen LogP contribution in [0.2, 0.25) is 0 Å². The van der Waals surface area contributed by atoms with Crippen LogP contribution in [0.5, 0.6) is 0 Å². The highest BCUT2D eigenvalue weighted by Gasteiger charge is 2.16. The molecule has 1 rings (SSSR count). The van der Waals surface area contributed by atoms with Gasteiger partial charge in [-0.05, 0) is 24.1 Å². The van der Waals surface area contributed by atoms with Gasteiger partial charge in [-0.25, -0.2) is 12.7 Å². The van der Waals surface area contributed by atoms with E-state index in [1.807, 2.05) is 31.2 Å². The average molecular weight is 280 g/mol. The standard InChI is InChI=1S/C14H20N2O2S/c1-3-11-19(17,18)16(2)12-14-8-6-13(7-9-14)5-4-10-15/h6-9H,3,10-12,15H2,1-2H3. The van der Waals surface area contributed by atoms with Crippen LogP contribution in [-0.2, 0) is 16.6 Å². The largest absolute Gasteiger partial charge is 0.320 e. The van der Waals surface area contributed by atoms with Crippen LogP contribution in [0.4, 0.5) is 0 Å². The molecule has 0 spiro atoms. The van der Waals surface area contributed by atoms with Gasteiger partial charge < -0.3 is 5.73 Å². The Labute approximate surface area is 115 Å². The highest BCUT2D eigenvalue weighted by Crippen LogP contribution is 2.09. The number of benzene rings is 1. The van der Waals surface area contributed by atoms with Crippen molar-refractivity contribution < 1.29 is 8.42 Å². The van der Waals surface area contributed by atoms with Crippen molar-refractivity contribution in [1.29, 1.82) is 0 Å². The van der Waals surface area contributed by atoms with E-state index < -0.39 is 10.0 Å². The van der Waals surface area contributed by atoms with Crippen molar-refractivity contribution in [3.05, 3.63) is 35.4 Å². The number of nitrogens with two attached hydrogens (primary N) is 1. The van der Waals surface area contributed by atoms with E-state index in [0.29, 0.717) is 19.5 Å². The van der Waals surface area contributed by atoms with Crippen molar-refractivity contribution in [2.75, 3.05) is 19.3 Å². The van der Waals surface area contributed by atoms with Gasteiger partial charge in [-0.2, -0.15) is 0 Å². The third-order valence-corrected chi connectivity index (χ3v) is 4.63. The van der Waals surface area contributed by atoms with E-state index in [-0.39, 0.29) is 5.75 Å². The van der Waals surface area contributed by atoms with Crippen LogP contribution in [0, 0.1) is 11.8 Å². The zero-order chi connectivity index (χ0) is 14.3. The summed E-state index contributed by atoms with van der Waals surface area (Å²) < 4.78 is 25.1. The van der Waals surface area contributed by atoms with Crippen LogP contribution in [0.15, 0.2) is 24.3 Å². The first-order valence-electron chi connectivity index (χ1n) is 6.21. The molecule has 0 heterocycles. The van der Waals surface area contributed by atoms with Crippen LogP contribution >= 0.6 is 0 Å². The Morgan fingerprint density at radius 3 is 2.42 bits per heavy atom. The molecule has 104 valence electrons. The minimum absolute atomic E-state index is 0.184. The van der Waals surface area contributed by atoms with Crippen molar-refractivity contribution >= 4 is 10.0 Å². The number of rotatable bonds is 5. The van der Waals surface area contributed by atoms with Gasteiger partial charge in [0.1, 0.15) is 0 Å². The van der Waals surface area contributed by atoms with E-state index >= 15 is 0 Å². The van der Waals surface area contributed by atoms with Crippen LogP contribution < -0.4 is 5.73 Å². The highest BCUT2D eigenvalue weighted by atomic mass is 32.2. The van der Waals surface area contributed by atoms with E-state index in [4.69, 9.17) is 5.73 Å². The molecule has 0 bridgehead atoms. The normalized spacial score (nSPS) is 11.2. The Morgan fingerprint density at radius 1 is 1.26 bits per heavy atom. The fraction of sp³-hybridized carbons (Fsp3) is 0.429. The molecule has 0 aromatic heterocycles. The maximum atomic E-state index is 11.8. The van der Waals surface area contributed by atoms with Gasteiger partial charge in [0.2, 0.25) is 10.0 Å². The van der Waals surface area contributed by atoms with Gasteiger partial charge in [-0.1, -0.05) is 30.9 Å². The Bertz CT molecular complexity index is 553. The van der Waals surface area contributed by atoms with Crippen LogP contribution in [0.3, 0.4) is 0 Å². The first-order chi connectivity index (χ1) is 8.99. The molecule has 0 atom stereocenters. The minimum Gasteiger partial charge on any atom is -0.320 e. The van der Waals surface area contributed by atoms with E-state index in [2.05, 4.69) is 11.8 Å². The maximum absolute atomic E-state index is 11.8. The summed E-state index contributed by atoms with van der Waals surface area (Å²) in [5.74, 6) is 5.89. The fourth-order valence-corrected chi connectivity index (χ4v) is 2.79. The van der Waals surface area contributed by atoms with E-state index in [0.717, 1.165) is 11.1 Å². The fourth-order valence-electron chi connectivity index (χ4n) is 1.62. The zero-order valence-electron chi connectivity index (χ0n) is 11.4. The van der Waals surface area contributed by atoms with Crippen molar-refractivity contribution in [3.63, 3.8) is 0 Å². The lowest BCUT2D eigenvalue weighted by Crippen LogP contribution is -2.28. The summed E-state index contributed by atoms with van der Waals surface area (Å²) in [5, 5.41) is 0. The Morgan fingerprint density at radius 2 is 1.89 bits per heavy atom. The molecule has 19 heavy (non-hydrogen) atoms. The topological polar surface area (TPSA) is 63.4 Å². The predicted octanol–water partition coefficient (Wildman–Crippen LogP) is 1.17. The first kappa shape index (κ1) is 15.7. The number of nitrogens with zero attached hydrogens (tertiary/aromatic N) is 1. The quantitative estimate of drug-likeness (QED) is 0.824. The molecule has 0 unspecified atom stereocenters. The summed E-state index contributed by atoms with van der Waals surface area (Å²) in [4.78, 5) is 0. The van der Waals surface area contributed by atoms with E-state index in [9.17, 15) is 8.42 Å². The molecule has 0 radical (unpaired) electrons. The van der Waals surface area contributed by atoms with Crippen molar-refractivity contribution in [2.45, 2.75) is 19.9 Å². The number of hydrogen-bond acceptors (Lipinski definition) is 3. The van der Waals surface area contributed by atoms with Gasteiger partial charge in [-0.3, -0.25) is 0 Å². The molecule has 0 fully saturated rings. The average Bonchev–Trinajstić information content (AvgIpc) is 2.38. The molecule has 0 saturated carbocycles. The van der Waals surface area contributed by atoms with Crippen molar-refractivity contribution in [1.82, 2.24) is 4.31 Å². The Kier molecular flexibility index (Phi) is 6.03. The summed E-state index contributed by atoms with van der Waals surface area (Å²) in [6.07, 6.45) is 0.625. The van der Waals surface area contributed by atoms with E-state index in [1.54, 1.807) is 7.05 Å². The smallest absolute Gasteiger partial charge is 0.214 e. The SMILES string of the molecule is CCCS(=O)(=O)N(C)Cc1ccc(C#CCN)cc1. The molecule has 1 aromatic rings. The molecular weight excluding hydrogens is 260 g/mol. The molecule has 1 aromatic carbocycles. The summed E-state index contributed by atoms with van der Waals surface area (Å²) in [5.41, 5.74) is 7.13. The second-order valence-electron chi connectivity index (χ2n) is 4.27. The van der Waals surface area contributed by atoms with Crippen LogP contribution in [0.1, 0.15) is 24.5 Å². The van der Waals surface area contributed by atoms with Crippen molar-refractivity contribution in [3.8, 4) is 11.8 Å². The third-order valence-electron chi connectivity index (χ3n) is 2.63. The molecule has 0 saturated heterocycles. The summed E-state index contributed by atoms with van der Waals surface area (Å²) in [7, 11) is -1.54. The highest BCUT2D eigenvalue weighted by molar-refractivity contribution is 7.89. The first-order valence-corrected chi connectivity index (χ1v) is 7.82. The number of sulfonamides is 1. The Hall–Kier alpha value is -1.35. The molecule has 0 aliphatic carbocycles. The summed E-state index contributed by atoms with van der Waals surface area (Å²) in [6.45, 7) is 2.57. The van der Waals surface area contributed by atoms with Gasteiger partial charge >= 0.3 is 0 Å². The lowest BCUT2D eigenvalue weighted by Gasteiger charge is -2.16. The van der Waals surface area contributed by atoms with Crippen LogP contribution in [-0.4, -0.2) is 32.1 Å². The third kappa shape index (κ3) is 5.03. The van der Waals surface area contributed by atoms with Gasteiger partial charge in [0.05, 0.1) is 12.3 Å². The molecule has 0 amide bonds. The number of hydrogen-bond donors (Lipinski definition) is 1. The van der Waals surface area contributed by atoms with E-state index in [1.165, 1.54) is 4.31 Å². The second-order valence-corrected chi connectivity index (χ2v) is 6.47. The molecular formula is C14H20N2O2S. The Balaban J connectivity index is 2.73. The molecule has 0 aliphatic heterocycles. The zero-order valence-corrected chi connectivity index (χ0v) is 12.2. The lowest BCUT2D eigenvalue weighted by atomic mass is 10.1. The van der Waals surface area contributed by atoms with Gasteiger partial charge in [0, 0.05) is 19.2 Å². The molecule has 4 nitrogen and oxygen atoms in total. The van der Waals surface area contributed by atoms with Gasteiger partial charge in [0.15, 0.2) is 0 Å². The predicted molar refractivity (Wildman–Crippen MR) is 77.9 cm³/mol. The van der Waals surface area contributed by atoms with Gasteiger partial charge in [-0.15, -0.1) is 0 Å². The van der Waals surface area contributed by atoms with Gasteiger partial charge in [0.25, 0.3) is 0 Å². The lowest BCUT2D eigenvalue weighted by molar-refractivity contribution is 0.466. The molecule has 5 heteroatoms. The minimum atomic E-state index is -3.14. The van der Waals surface area contributed by atoms with Crippen molar-refractivity contribution in [2.24, 2.45) is 5.73 Å². The molecule has 0 aliphatic rings. The maximum Gasteiger partial charge on any atom is 0.214 e.